The SMILES string of the molecule is NC(C(=O)N1CCN(C(=O)c2ccc3[nH]ncc3c2)CC1)c1ccc(Cl)cc1. The van der Waals surface area contributed by atoms with E-state index in [1.807, 2.05) is 12.1 Å². The molecule has 144 valence electrons. The number of nitrogens with zero attached hydrogens (tertiary/aromatic N) is 3. The van der Waals surface area contributed by atoms with Crippen molar-refractivity contribution in [1.82, 2.24) is 20.0 Å². The fourth-order valence-corrected chi connectivity index (χ4v) is 3.52. The van der Waals surface area contributed by atoms with Crippen molar-refractivity contribution in [2.45, 2.75) is 6.04 Å². The summed E-state index contributed by atoms with van der Waals surface area (Å²) in [6, 6.07) is 11.7. The number of hydrogen-bond acceptors (Lipinski definition) is 4. The molecule has 1 unspecified atom stereocenters. The van der Waals surface area contributed by atoms with E-state index in [2.05, 4.69) is 10.2 Å². The first-order valence-electron chi connectivity index (χ1n) is 9.05. The number of fused-ring (bicyclic) bond motifs is 1. The molecule has 3 N–H and O–H groups in total. The highest BCUT2D eigenvalue weighted by atomic mass is 35.5. The number of piperazine rings is 1. The van der Waals surface area contributed by atoms with Gasteiger partial charge in [-0.25, -0.2) is 0 Å². The first kappa shape index (κ1) is 18.5. The monoisotopic (exact) mass is 397 g/mol. The van der Waals surface area contributed by atoms with Crippen molar-refractivity contribution < 1.29 is 9.59 Å². The molecule has 4 rings (SSSR count). The van der Waals surface area contributed by atoms with E-state index in [1.165, 1.54) is 0 Å². The summed E-state index contributed by atoms with van der Waals surface area (Å²) >= 11 is 5.89. The first-order valence-corrected chi connectivity index (χ1v) is 9.43. The van der Waals surface area contributed by atoms with Crippen LogP contribution in [0.25, 0.3) is 10.9 Å². The van der Waals surface area contributed by atoms with Gasteiger partial charge in [-0.15, -0.1) is 0 Å². The van der Waals surface area contributed by atoms with E-state index < -0.39 is 6.04 Å². The Bertz CT molecular complexity index is 1010. The van der Waals surface area contributed by atoms with Gasteiger partial charge in [-0.3, -0.25) is 14.7 Å². The van der Waals surface area contributed by atoms with Gasteiger partial charge in [0.25, 0.3) is 5.91 Å². The maximum absolute atomic E-state index is 12.8. The lowest BCUT2D eigenvalue weighted by Crippen LogP contribution is -2.52. The smallest absolute Gasteiger partial charge is 0.253 e. The second kappa shape index (κ2) is 7.61. The fraction of sp³-hybridized carbons (Fsp3) is 0.250. The predicted octanol–water partition coefficient (Wildman–Crippen LogP) is 2.20. The van der Waals surface area contributed by atoms with Crippen LogP contribution in [0.1, 0.15) is 22.0 Å². The first-order chi connectivity index (χ1) is 13.5. The minimum absolute atomic E-state index is 0.0443. The van der Waals surface area contributed by atoms with Gasteiger partial charge in [-0.1, -0.05) is 23.7 Å². The van der Waals surface area contributed by atoms with Crippen LogP contribution in [-0.4, -0.2) is 58.0 Å². The Hall–Kier alpha value is -2.90. The lowest BCUT2D eigenvalue weighted by atomic mass is 10.1. The fourth-order valence-electron chi connectivity index (χ4n) is 3.40. The minimum Gasteiger partial charge on any atom is -0.337 e. The summed E-state index contributed by atoms with van der Waals surface area (Å²) in [5.74, 6) is -0.188. The lowest BCUT2D eigenvalue weighted by Gasteiger charge is -2.36. The summed E-state index contributed by atoms with van der Waals surface area (Å²) in [4.78, 5) is 29.0. The number of carbonyl (C=O) groups excluding carboxylic acids is 2. The third kappa shape index (κ3) is 3.58. The molecule has 0 spiro atoms. The zero-order chi connectivity index (χ0) is 19.7. The normalized spacial score (nSPS) is 15.6. The molecule has 0 saturated carbocycles. The lowest BCUT2D eigenvalue weighted by molar-refractivity contribution is -0.134. The van der Waals surface area contributed by atoms with E-state index in [0.717, 1.165) is 16.5 Å². The molecule has 0 aliphatic carbocycles. The number of amides is 2. The van der Waals surface area contributed by atoms with E-state index in [4.69, 9.17) is 17.3 Å². The van der Waals surface area contributed by atoms with Crippen molar-refractivity contribution in [3.8, 4) is 0 Å². The molecule has 8 heteroatoms. The van der Waals surface area contributed by atoms with Crippen LogP contribution in [0.15, 0.2) is 48.7 Å². The predicted molar refractivity (Wildman–Crippen MR) is 107 cm³/mol. The van der Waals surface area contributed by atoms with Crippen LogP contribution in [0.3, 0.4) is 0 Å². The van der Waals surface area contributed by atoms with Crippen LogP contribution in [-0.2, 0) is 4.79 Å². The molecule has 28 heavy (non-hydrogen) atoms. The Balaban J connectivity index is 1.38. The van der Waals surface area contributed by atoms with Crippen LogP contribution in [0.4, 0.5) is 0 Å². The second-order valence-electron chi connectivity index (χ2n) is 6.82. The van der Waals surface area contributed by atoms with Gasteiger partial charge in [0.2, 0.25) is 5.91 Å². The molecule has 1 aliphatic rings. The second-order valence-corrected chi connectivity index (χ2v) is 7.26. The molecule has 0 radical (unpaired) electrons. The topological polar surface area (TPSA) is 95.3 Å². The number of H-pyrrole nitrogens is 1. The Kier molecular flexibility index (Phi) is 5.02. The van der Waals surface area contributed by atoms with Crippen LogP contribution in [0.5, 0.6) is 0 Å². The summed E-state index contributed by atoms with van der Waals surface area (Å²) in [5.41, 5.74) is 8.36. The molecular formula is C20H20ClN5O2. The molecule has 2 amide bonds. The van der Waals surface area contributed by atoms with Gasteiger partial charge in [0.05, 0.1) is 11.7 Å². The molecular weight excluding hydrogens is 378 g/mol. The maximum atomic E-state index is 12.8. The van der Waals surface area contributed by atoms with E-state index >= 15 is 0 Å². The molecule has 2 aromatic carbocycles. The van der Waals surface area contributed by atoms with E-state index in [0.29, 0.717) is 36.8 Å². The van der Waals surface area contributed by atoms with Crippen LogP contribution < -0.4 is 5.73 Å². The van der Waals surface area contributed by atoms with Crippen molar-refractivity contribution in [2.75, 3.05) is 26.2 Å². The average Bonchev–Trinajstić information content (AvgIpc) is 3.21. The molecule has 0 bridgehead atoms. The van der Waals surface area contributed by atoms with Gasteiger partial charge < -0.3 is 15.5 Å². The zero-order valence-corrected chi connectivity index (χ0v) is 15.9. The average molecular weight is 398 g/mol. The molecule has 1 aromatic heterocycles. The molecule has 1 atom stereocenters. The molecule has 2 heterocycles. The van der Waals surface area contributed by atoms with Gasteiger partial charge in [-0.05, 0) is 35.9 Å². The highest BCUT2D eigenvalue weighted by Gasteiger charge is 2.28. The largest absolute Gasteiger partial charge is 0.337 e. The van der Waals surface area contributed by atoms with E-state index in [9.17, 15) is 9.59 Å². The molecule has 1 saturated heterocycles. The van der Waals surface area contributed by atoms with Crippen molar-refractivity contribution in [3.63, 3.8) is 0 Å². The van der Waals surface area contributed by atoms with Crippen molar-refractivity contribution in [3.05, 3.63) is 64.8 Å². The molecule has 1 fully saturated rings. The van der Waals surface area contributed by atoms with E-state index in [-0.39, 0.29) is 11.8 Å². The number of aromatic amines is 1. The summed E-state index contributed by atoms with van der Waals surface area (Å²) in [6.45, 7) is 1.86. The highest BCUT2D eigenvalue weighted by molar-refractivity contribution is 6.30. The van der Waals surface area contributed by atoms with E-state index in [1.54, 1.807) is 46.3 Å². The van der Waals surface area contributed by atoms with Gasteiger partial charge in [0.1, 0.15) is 6.04 Å². The molecule has 1 aliphatic heterocycles. The number of benzene rings is 2. The molecule has 3 aromatic rings. The minimum atomic E-state index is -0.733. The van der Waals surface area contributed by atoms with Crippen molar-refractivity contribution in [2.24, 2.45) is 5.73 Å². The van der Waals surface area contributed by atoms with Gasteiger partial charge in [0, 0.05) is 42.2 Å². The summed E-state index contributed by atoms with van der Waals surface area (Å²) in [5, 5.41) is 8.35. The third-order valence-corrected chi connectivity index (χ3v) is 5.31. The van der Waals surface area contributed by atoms with Crippen LogP contribution in [0.2, 0.25) is 5.02 Å². The number of halogens is 1. The van der Waals surface area contributed by atoms with Crippen LogP contribution in [0, 0.1) is 0 Å². The summed E-state index contributed by atoms with van der Waals surface area (Å²) in [6.07, 6.45) is 1.70. The maximum Gasteiger partial charge on any atom is 0.253 e. The number of carbonyl (C=O) groups is 2. The van der Waals surface area contributed by atoms with Crippen molar-refractivity contribution in [1.29, 1.82) is 0 Å². The Morgan fingerprint density at radius 1 is 1.04 bits per heavy atom. The third-order valence-electron chi connectivity index (χ3n) is 5.06. The highest BCUT2D eigenvalue weighted by Crippen LogP contribution is 2.19. The quantitative estimate of drug-likeness (QED) is 0.708. The van der Waals surface area contributed by atoms with Crippen molar-refractivity contribution >= 4 is 34.3 Å². The standard InChI is InChI=1S/C20H20ClN5O2/c21-16-4-1-13(2-5-16)18(22)20(28)26-9-7-25(8-10-26)19(27)14-3-6-17-15(11-14)12-23-24-17/h1-6,11-12,18H,7-10,22H2,(H,23,24). The van der Waals surface area contributed by atoms with Gasteiger partial charge >= 0.3 is 0 Å². The number of aromatic nitrogens is 2. The number of nitrogens with two attached hydrogens (primary N) is 1. The van der Waals surface area contributed by atoms with Gasteiger partial charge in [0.15, 0.2) is 0 Å². The Morgan fingerprint density at radius 2 is 1.71 bits per heavy atom. The van der Waals surface area contributed by atoms with Gasteiger partial charge in [-0.2, -0.15) is 5.10 Å². The number of rotatable bonds is 3. The number of nitrogens with one attached hydrogen (secondary N) is 1. The number of hydrogen-bond donors (Lipinski definition) is 2. The Labute approximate surface area is 167 Å². The summed E-state index contributed by atoms with van der Waals surface area (Å²) < 4.78 is 0. The molecule has 7 nitrogen and oxygen atoms in total. The Morgan fingerprint density at radius 3 is 2.43 bits per heavy atom. The zero-order valence-electron chi connectivity index (χ0n) is 15.1. The summed E-state index contributed by atoms with van der Waals surface area (Å²) in [7, 11) is 0. The van der Waals surface area contributed by atoms with Crippen LogP contribution >= 0.6 is 11.6 Å².